The van der Waals surface area contributed by atoms with Crippen LogP contribution in [0.1, 0.15) is 97.0 Å². The quantitative estimate of drug-likeness (QED) is 0.301. The van der Waals surface area contributed by atoms with Crippen molar-refractivity contribution in [2.45, 2.75) is 110 Å². The minimum Gasteiger partial charge on any atom is -0.490 e. The molecule has 0 spiro atoms. The first kappa shape index (κ1) is 26.6. The fourth-order valence-electron chi connectivity index (χ4n) is 5.09. The van der Waals surface area contributed by atoms with Gasteiger partial charge in [0, 0.05) is 6.04 Å². The van der Waals surface area contributed by atoms with E-state index < -0.39 is 0 Å². The molecule has 0 radical (unpaired) electrons. The SMILES string of the molecule is CCOc1cc(C=C2SC(=NC3CCCCC3)N(C3CCCCC3)C2=O)cc(Br)c1OC(C)CC. The maximum atomic E-state index is 13.7. The summed E-state index contributed by atoms with van der Waals surface area (Å²) >= 11 is 5.23. The Hall–Kier alpha value is -1.47. The molecule has 192 valence electrons. The fourth-order valence-corrected chi connectivity index (χ4v) is 6.75. The van der Waals surface area contributed by atoms with Crippen LogP contribution in [0.5, 0.6) is 11.5 Å². The largest absolute Gasteiger partial charge is 0.490 e. The molecule has 2 saturated carbocycles. The third-order valence-electron chi connectivity index (χ3n) is 7.17. The standard InChI is InChI=1S/C28H39BrN2O3S/c1-4-19(3)34-26-23(29)16-20(17-24(26)33-5-2)18-25-27(32)31(22-14-10-7-11-15-22)28(35-25)30-21-12-8-6-9-13-21/h16-19,21-22H,4-15H2,1-3H3. The van der Waals surface area contributed by atoms with Crippen molar-refractivity contribution in [3.8, 4) is 11.5 Å². The van der Waals surface area contributed by atoms with Crippen LogP contribution < -0.4 is 9.47 Å². The molecule has 2 aliphatic carbocycles. The van der Waals surface area contributed by atoms with Gasteiger partial charge in [-0.2, -0.15) is 0 Å². The highest BCUT2D eigenvalue weighted by Crippen LogP contribution is 2.41. The summed E-state index contributed by atoms with van der Waals surface area (Å²) in [6.07, 6.45) is 14.9. The molecule has 5 nitrogen and oxygen atoms in total. The Kier molecular flexibility index (Phi) is 9.62. The first-order valence-corrected chi connectivity index (χ1v) is 15.0. The van der Waals surface area contributed by atoms with Gasteiger partial charge in [0.15, 0.2) is 16.7 Å². The molecule has 0 N–H and O–H groups in total. The second-order valence-electron chi connectivity index (χ2n) is 9.88. The van der Waals surface area contributed by atoms with Crippen LogP contribution in [0.2, 0.25) is 0 Å². The highest BCUT2D eigenvalue weighted by Gasteiger charge is 2.39. The number of hydrogen-bond donors (Lipinski definition) is 0. The number of benzene rings is 1. The Morgan fingerprint density at radius 1 is 1.11 bits per heavy atom. The molecule has 3 fully saturated rings. The number of hydrogen-bond acceptors (Lipinski definition) is 5. The van der Waals surface area contributed by atoms with Crippen LogP contribution in [-0.2, 0) is 4.79 Å². The summed E-state index contributed by atoms with van der Waals surface area (Å²) in [5.74, 6) is 1.52. The predicted molar refractivity (Wildman–Crippen MR) is 149 cm³/mol. The van der Waals surface area contributed by atoms with Crippen molar-refractivity contribution in [1.29, 1.82) is 0 Å². The Morgan fingerprint density at radius 2 is 1.80 bits per heavy atom. The van der Waals surface area contributed by atoms with Crippen molar-refractivity contribution in [3.63, 3.8) is 0 Å². The molecule has 1 amide bonds. The number of nitrogens with zero attached hydrogens (tertiary/aromatic N) is 2. The Balaban J connectivity index is 1.65. The van der Waals surface area contributed by atoms with Crippen LogP contribution in [0.25, 0.3) is 6.08 Å². The highest BCUT2D eigenvalue weighted by atomic mass is 79.9. The van der Waals surface area contributed by atoms with E-state index in [0.29, 0.717) is 18.4 Å². The minimum absolute atomic E-state index is 0.0873. The van der Waals surface area contributed by atoms with Gasteiger partial charge in [0.05, 0.1) is 28.1 Å². The number of amidine groups is 1. The van der Waals surface area contributed by atoms with E-state index in [1.807, 2.05) is 30.0 Å². The molecule has 1 saturated heterocycles. The number of carbonyl (C=O) groups excluding carboxylic acids is 1. The van der Waals surface area contributed by atoms with Crippen molar-refractivity contribution in [2.75, 3.05) is 6.61 Å². The summed E-state index contributed by atoms with van der Waals surface area (Å²) in [4.78, 5) is 21.6. The molecule has 35 heavy (non-hydrogen) atoms. The number of thioether (sulfide) groups is 1. The molecule has 0 bridgehead atoms. The van der Waals surface area contributed by atoms with Crippen molar-refractivity contribution in [3.05, 3.63) is 27.1 Å². The topological polar surface area (TPSA) is 51.1 Å². The lowest BCUT2D eigenvalue weighted by molar-refractivity contribution is -0.124. The van der Waals surface area contributed by atoms with Crippen LogP contribution in [-0.4, -0.2) is 40.8 Å². The monoisotopic (exact) mass is 562 g/mol. The number of ether oxygens (including phenoxy) is 2. The highest BCUT2D eigenvalue weighted by molar-refractivity contribution is 9.10. The summed E-state index contributed by atoms with van der Waals surface area (Å²) < 4.78 is 12.9. The fraction of sp³-hybridized carbons (Fsp3) is 0.643. The van der Waals surface area contributed by atoms with Gasteiger partial charge < -0.3 is 9.47 Å². The maximum Gasteiger partial charge on any atom is 0.266 e. The summed E-state index contributed by atoms with van der Waals surface area (Å²) in [6.45, 7) is 6.67. The average Bonchev–Trinajstić information content (AvgIpc) is 3.16. The van der Waals surface area contributed by atoms with Gasteiger partial charge in [-0.15, -0.1) is 0 Å². The molecular formula is C28H39BrN2O3S. The zero-order valence-electron chi connectivity index (χ0n) is 21.4. The molecule has 1 unspecified atom stereocenters. The van der Waals surface area contributed by atoms with E-state index in [-0.39, 0.29) is 18.1 Å². The first-order valence-electron chi connectivity index (χ1n) is 13.4. The van der Waals surface area contributed by atoms with Gasteiger partial charge in [0.1, 0.15) is 0 Å². The molecule has 7 heteroatoms. The molecule has 1 aromatic rings. The van der Waals surface area contributed by atoms with Gasteiger partial charge in [0.2, 0.25) is 0 Å². The second kappa shape index (κ2) is 12.7. The Morgan fingerprint density at radius 3 is 2.46 bits per heavy atom. The Labute approximate surface area is 223 Å². The van der Waals surface area contributed by atoms with Crippen LogP contribution in [0.3, 0.4) is 0 Å². The minimum atomic E-state index is 0.0873. The van der Waals surface area contributed by atoms with Crippen molar-refractivity contribution in [1.82, 2.24) is 4.90 Å². The van der Waals surface area contributed by atoms with Gasteiger partial charge in [0.25, 0.3) is 5.91 Å². The molecule has 1 aromatic carbocycles. The van der Waals surface area contributed by atoms with Crippen molar-refractivity contribution in [2.24, 2.45) is 4.99 Å². The number of aliphatic imine (C=N–C) groups is 1. The molecule has 1 heterocycles. The van der Waals surface area contributed by atoms with E-state index in [1.165, 1.54) is 38.5 Å². The molecule has 4 rings (SSSR count). The molecule has 3 aliphatic rings. The van der Waals surface area contributed by atoms with E-state index in [2.05, 4.69) is 29.8 Å². The number of amides is 1. The number of rotatable bonds is 8. The number of halogens is 1. The first-order chi connectivity index (χ1) is 17.0. The zero-order chi connectivity index (χ0) is 24.8. The molecule has 1 atom stereocenters. The summed E-state index contributed by atoms with van der Waals surface area (Å²) in [5.41, 5.74) is 0.926. The van der Waals surface area contributed by atoms with Crippen LogP contribution in [0, 0.1) is 0 Å². The van der Waals surface area contributed by atoms with Gasteiger partial charge in [-0.3, -0.25) is 14.7 Å². The van der Waals surface area contributed by atoms with Crippen LogP contribution in [0.15, 0.2) is 26.5 Å². The number of carbonyl (C=O) groups is 1. The molecule has 0 aromatic heterocycles. The smallest absolute Gasteiger partial charge is 0.266 e. The third-order valence-corrected chi connectivity index (χ3v) is 8.75. The third kappa shape index (κ3) is 6.65. The zero-order valence-corrected chi connectivity index (χ0v) is 23.8. The van der Waals surface area contributed by atoms with Crippen molar-refractivity contribution < 1.29 is 14.3 Å². The van der Waals surface area contributed by atoms with Gasteiger partial charge in [-0.05, 0) is 97.4 Å². The normalized spacial score (nSPS) is 23.3. The second-order valence-corrected chi connectivity index (χ2v) is 11.7. The lowest BCUT2D eigenvalue weighted by Crippen LogP contribution is -2.41. The van der Waals surface area contributed by atoms with Gasteiger partial charge in [-0.1, -0.05) is 45.4 Å². The van der Waals surface area contributed by atoms with Gasteiger partial charge in [-0.25, -0.2) is 0 Å². The summed E-state index contributed by atoms with van der Waals surface area (Å²) in [6, 6.07) is 4.62. The van der Waals surface area contributed by atoms with Crippen LogP contribution >= 0.6 is 27.7 Å². The van der Waals surface area contributed by atoms with E-state index in [1.54, 1.807) is 11.8 Å². The lowest BCUT2D eigenvalue weighted by atomic mass is 9.94. The lowest BCUT2D eigenvalue weighted by Gasteiger charge is -2.31. The maximum absolute atomic E-state index is 13.7. The van der Waals surface area contributed by atoms with E-state index in [9.17, 15) is 4.79 Å². The Bertz CT molecular complexity index is 952. The molecular weight excluding hydrogens is 524 g/mol. The average molecular weight is 564 g/mol. The molecule has 1 aliphatic heterocycles. The summed E-state index contributed by atoms with van der Waals surface area (Å²) in [5, 5.41) is 0.917. The summed E-state index contributed by atoms with van der Waals surface area (Å²) in [7, 11) is 0. The predicted octanol–water partition coefficient (Wildman–Crippen LogP) is 7.96. The van der Waals surface area contributed by atoms with E-state index in [4.69, 9.17) is 14.5 Å². The van der Waals surface area contributed by atoms with Gasteiger partial charge >= 0.3 is 0 Å². The van der Waals surface area contributed by atoms with Crippen LogP contribution in [0.4, 0.5) is 0 Å². The van der Waals surface area contributed by atoms with Crippen molar-refractivity contribution >= 4 is 44.8 Å². The van der Waals surface area contributed by atoms with E-state index in [0.717, 1.165) is 58.0 Å². The van der Waals surface area contributed by atoms with E-state index >= 15 is 0 Å².